The highest BCUT2D eigenvalue weighted by Gasteiger charge is 2.60. The quantitative estimate of drug-likeness (QED) is 0.0733. The van der Waals surface area contributed by atoms with E-state index in [0.717, 1.165) is 14.7 Å². The summed E-state index contributed by atoms with van der Waals surface area (Å²) in [5, 5.41) is 34.5. The number of benzene rings is 1. The molecule has 2 amide bonds. The molecule has 3 aromatic rings. The number of β-lactam (4-membered cyclic amide) rings is 1. The molecular weight excluding hydrogens is 586 g/mol. The van der Waals surface area contributed by atoms with Gasteiger partial charge >= 0.3 is 12.1 Å². The van der Waals surface area contributed by atoms with E-state index in [1.165, 1.54) is 40.5 Å². The van der Waals surface area contributed by atoms with Crippen molar-refractivity contribution in [2.75, 3.05) is 12.3 Å². The molecule has 0 saturated carbocycles. The molecule has 1 aromatic carbocycles. The number of non-ortho nitro benzene ring substituents is 1. The van der Waals surface area contributed by atoms with Crippen LogP contribution in [-0.4, -0.2) is 66.9 Å². The van der Waals surface area contributed by atoms with Crippen molar-refractivity contribution in [2.45, 2.75) is 44.0 Å². The molecule has 3 N–H and O–H groups in total. The summed E-state index contributed by atoms with van der Waals surface area (Å²) in [6.45, 7) is 3.86. The van der Waals surface area contributed by atoms with Crippen molar-refractivity contribution in [1.82, 2.24) is 14.6 Å². The second kappa shape index (κ2) is 11.7. The molecule has 2 aliphatic heterocycles. The van der Waals surface area contributed by atoms with E-state index in [1.807, 2.05) is 35.5 Å². The van der Waals surface area contributed by atoms with Crippen molar-refractivity contribution in [3.05, 3.63) is 63.0 Å². The fourth-order valence-electron chi connectivity index (χ4n) is 5.52. The van der Waals surface area contributed by atoms with Crippen molar-refractivity contribution in [2.24, 2.45) is 18.9 Å². The molecule has 222 valence electrons. The first-order valence-electron chi connectivity index (χ1n) is 13.3. The van der Waals surface area contributed by atoms with Crippen LogP contribution in [-0.2, 0) is 28.0 Å². The third-order valence-corrected chi connectivity index (χ3v) is 10.0. The molecule has 0 bridgehead atoms. The van der Waals surface area contributed by atoms with Gasteiger partial charge in [-0.15, -0.1) is 0 Å². The van der Waals surface area contributed by atoms with Crippen molar-refractivity contribution in [3.8, 4) is 0 Å². The number of aliphatic carboxylic acids is 1. The minimum Gasteiger partial charge on any atom is -0.477 e. The Morgan fingerprint density at radius 3 is 2.67 bits per heavy atom. The van der Waals surface area contributed by atoms with Crippen LogP contribution in [0.3, 0.4) is 0 Å². The first kappa shape index (κ1) is 29.5. The lowest BCUT2D eigenvalue weighted by Gasteiger charge is -2.46. The number of aromatic nitrogens is 2. The Bertz CT molecular complexity index is 1600. The number of aliphatic hydroxyl groups is 1. The number of alkyl carbamates (subject to hydrolysis) is 1. The first-order chi connectivity index (χ1) is 20.0. The topological polar surface area (TPSA) is 168 Å². The number of rotatable bonds is 11. The molecule has 4 atom stereocenters. The predicted molar refractivity (Wildman–Crippen MR) is 153 cm³/mol. The van der Waals surface area contributed by atoms with E-state index >= 15 is 0 Å². The third kappa shape index (κ3) is 5.34. The van der Waals surface area contributed by atoms with E-state index in [1.54, 1.807) is 18.7 Å². The Kier molecular flexibility index (Phi) is 8.25. The summed E-state index contributed by atoms with van der Waals surface area (Å²) >= 11 is 3.06. The summed E-state index contributed by atoms with van der Waals surface area (Å²) in [6, 6.07) is 5.41. The van der Waals surface area contributed by atoms with Gasteiger partial charge in [-0.25, -0.2) is 14.2 Å². The SMILES string of the molecule is C[C@@H](O)[C@H]1C(=O)N2C(C(=O)O)=C(c3cn4c[n+](C)c(SCCCNC(=O)OCc5ccc([N+](=O)[O-])cc5)c4s3)[C@H](C)[C@H]12. The van der Waals surface area contributed by atoms with Gasteiger partial charge in [-0.1, -0.05) is 30.0 Å². The van der Waals surface area contributed by atoms with Gasteiger partial charge in [0.15, 0.2) is 0 Å². The van der Waals surface area contributed by atoms with E-state index in [0.29, 0.717) is 29.9 Å². The predicted octanol–water partition coefficient (Wildman–Crippen LogP) is 2.80. The zero-order valence-corrected chi connectivity index (χ0v) is 24.7. The number of thiazole rings is 1. The third-order valence-electron chi connectivity index (χ3n) is 7.48. The van der Waals surface area contributed by atoms with Crippen molar-refractivity contribution in [1.29, 1.82) is 0 Å². The van der Waals surface area contributed by atoms with Crippen molar-refractivity contribution < 1.29 is 38.8 Å². The standard InChI is InChI=1S/C27H29N5O8S2/c1-14-19(22(26(35)36)31-21(14)20(15(2)33)23(31)34)18-11-30-13-29(3)24(25(30)42-18)41-10-4-9-28-27(37)40-12-16-5-7-17(8-6-16)32(38)39/h5-8,11,13-15,20-21,33H,4,9-10,12H2,1-3H3,(H-,28,35,36,37)/p+1/t14-,15+,20+,21+/m0/s1. The Labute approximate surface area is 248 Å². The summed E-state index contributed by atoms with van der Waals surface area (Å²) in [4.78, 5) is 50.2. The molecule has 0 aliphatic carbocycles. The second-order valence-corrected chi connectivity index (χ2v) is 12.4. The van der Waals surface area contributed by atoms with Gasteiger partial charge in [0.05, 0.1) is 34.9 Å². The number of hydrogen-bond donors (Lipinski definition) is 3. The van der Waals surface area contributed by atoms with Crippen molar-refractivity contribution >= 4 is 57.2 Å². The number of amides is 2. The highest BCUT2D eigenvalue weighted by atomic mass is 32.2. The number of ether oxygens (including phenoxy) is 1. The van der Waals surface area contributed by atoms with Crippen LogP contribution < -0.4 is 9.88 Å². The number of carboxylic acid groups (broad SMARTS) is 1. The van der Waals surface area contributed by atoms with Crippen LogP contribution in [0.1, 0.15) is 30.7 Å². The van der Waals surface area contributed by atoms with E-state index in [2.05, 4.69) is 5.32 Å². The number of aryl methyl sites for hydroxylation is 1. The first-order valence-corrected chi connectivity index (χ1v) is 15.1. The van der Waals surface area contributed by atoms with E-state index in [4.69, 9.17) is 4.74 Å². The van der Waals surface area contributed by atoms with Crippen molar-refractivity contribution in [3.63, 3.8) is 0 Å². The maximum absolute atomic E-state index is 12.7. The zero-order chi connectivity index (χ0) is 30.3. The Morgan fingerprint density at radius 2 is 2.02 bits per heavy atom. The van der Waals surface area contributed by atoms with Gasteiger partial charge in [-0.3, -0.25) is 14.9 Å². The molecule has 4 heterocycles. The van der Waals surface area contributed by atoms with Crippen LogP contribution >= 0.6 is 23.1 Å². The summed E-state index contributed by atoms with van der Waals surface area (Å²) in [5.41, 5.74) is 1.21. The van der Waals surface area contributed by atoms with E-state index in [9.17, 15) is 34.7 Å². The number of imidazole rings is 1. The molecule has 0 unspecified atom stereocenters. The number of aliphatic hydroxyl groups excluding tert-OH is 1. The molecule has 13 nitrogen and oxygen atoms in total. The fraction of sp³-hybridized carbons (Fsp3) is 0.407. The molecule has 15 heteroatoms. The van der Waals surface area contributed by atoms with Gasteiger partial charge < -0.3 is 25.2 Å². The lowest BCUT2D eigenvalue weighted by molar-refractivity contribution is -0.705. The summed E-state index contributed by atoms with van der Waals surface area (Å²) in [7, 11) is 1.92. The molecule has 42 heavy (non-hydrogen) atoms. The zero-order valence-electron chi connectivity index (χ0n) is 23.1. The average molecular weight is 617 g/mol. The normalized spacial score (nSPS) is 20.4. The number of thioether (sulfide) groups is 1. The molecule has 1 fully saturated rings. The highest BCUT2D eigenvalue weighted by molar-refractivity contribution is 7.99. The van der Waals surface area contributed by atoms with Gasteiger partial charge in [-0.05, 0) is 31.0 Å². The number of carbonyl (C=O) groups excluding carboxylic acids is 2. The number of nitro groups is 1. The highest BCUT2D eigenvalue weighted by Crippen LogP contribution is 2.51. The molecule has 2 aromatic heterocycles. The largest absolute Gasteiger partial charge is 0.477 e. The Balaban J connectivity index is 1.18. The molecule has 2 aliphatic rings. The van der Waals surface area contributed by atoms with Crippen LogP contribution in [0.5, 0.6) is 0 Å². The molecule has 1 saturated heterocycles. The Morgan fingerprint density at radius 1 is 1.31 bits per heavy atom. The molecule has 0 spiro atoms. The van der Waals surface area contributed by atoms with Gasteiger partial charge in [0, 0.05) is 35.9 Å². The van der Waals surface area contributed by atoms with Crippen LogP contribution in [0.25, 0.3) is 10.4 Å². The molecule has 5 rings (SSSR count). The maximum atomic E-state index is 12.7. The number of fused-ring (bicyclic) bond motifs is 2. The number of nitro benzene ring substituents is 1. The summed E-state index contributed by atoms with van der Waals surface area (Å²) in [6.07, 6.45) is 3.02. The van der Waals surface area contributed by atoms with Gasteiger partial charge in [-0.2, -0.15) is 4.40 Å². The summed E-state index contributed by atoms with van der Waals surface area (Å²) < 4.78 is 9.10. The van der Waals surface area contributed by atoms with E-state index in [-0.39, 0.29) is 35.9 Å². The average Bonchev–Trinajstić information content (AvgIpc) is 3.54. The molecular formula is C27H30N5O8S2+. The smallest absolute Gasteiger partial charge is 0.407 e. The lowest BCUT2D eigenvalue weighted by Crippen LogP contribution is -2.63. The van der Waals surface area contributed by atoms with Gasteiger partial charge in [0.1, 0.15) is 18.5 Å². The number of carbonyl (C=O) groups is 3. The van der Waals surface area contributed by atoms with Crippen LogP contribution in [0, 0.1) is 22.0 Å². The van der Waals surface area contributed by atoms with Gasteiger partial charge in [0.25, 0.3) is 5.69 Å². The van der Waals surface area contributed by atoms with Crippen LogP contribution in [0.4, 0.5) is 10.5 Å². The minimum absolute atomic E-state index is 0.00281. The molecule has 0 radical (unpaired) electrons. The minimum atomic E-state index is -1.16. The van der Waals surface area contributed by atoms with Crippen LogP contribution in [0.2, 0.25) is 0 Å². The number of hydrogen-bond acceptors (Lipinski definition) is 9. The monoisotopic (exact) mass is 616 g/mol. The number of nitrogens with zero attached hydrogens (tertiary/aromatic N) is 4. The number of carboxylic acids is 1. The van der Waals surface area contributed by atoms with Crippen LogP contribution in [0.15, 0.2) is 47.5 Å². The van der Waals surface area contributed by atoms with E-state index < -0.39 is 29.0 Å². The van der Waals surface area contributed by atoms with Gasteiger partial charge in [0.2, 0.25) is 22.1 Å². The maximum Gasteiger partial charge on any atom is 0.407 e. The lowest BCUT2D eigenvalue weighted by atomic mass is 9.77. The number of nitrogens with one attached hydrogen (secondary N) is 1. The Hall–Kier alpha value is -3.95. The summed E-state index contributed by atoms with van der Waals surface area (Å²) in [5.74, 6) is -1.68. The second-order valence-electron chi connectivity index (χ2n) is 10.3. The fourth-order valence-corrected chi connectivity index (χ4v) is 7.99.